The zero-order valence-electron chi connectivity index (χ0n) is 14.7. The van der Waals surface area contributed by atoms with E-state index in [1.807, 2.05) is 0 Å². The molecule has 0 amide bonds. The van der Waals surface area contributed by atoms with Crippen molar-refractivity contribution in [2.45, 2.75) is 26.2 Å². The second-order valence-electron chi connectivity index (χ2n) is 7.23. The molecule has 3 rings (SSSR count). The van der Waals surface area contributed by atoms with Gasteiger partial charge < -0.3 is 0 Å². The first-order chi connectivity index (χ1) is 11.8. The molecule has 3 aromatic carbocycles. The van der Waals surface area contributed by atoms with Crippen LogP contribution < -0.4 is 15.9 Å². The van der Waals surface area contributed by atoms with Crippen molar-refractivity contribution in [3.05, 3.63) is 88.9 Å². The highest BCUT2D eigenvalue weighted by molar-refractivity contribution is 9.10. The standard InChI is InChI=1S/C22H22BrPS/c1-22(2,3)17-14-18(23)16-21(15-17)24(25,19-10-6-4-7-11-19)20-12-8-5-9-13-20/h4-16H,1-3H3. The Hall–Kier alpha value is -1.21. The number of halogens is 1. The van der Waals surface area contributed by atoms with E-state index < -0.39 is 6.04 Å². The van der Waals surface area contributed by atoms with E-state index in [1.54, 1.807) is 0 Å². The number of rotatable bonds is 3. The highest BCUT2D eigenvalue weighted by Gasteiger charge is 2.26. The van der Waals surface area contributed by atoms with Crippen molar-refractivity contribution in [3.63, 3.8) is 0 Å². The fourth-order valence-corrected chi connectivity index (χ4v) is 7.35. The van der Waals surface area contributed by atoms with Crippen LogP contribution in [0.5, 0.6) is 0 Å². The predicted octanol–water partition coefficient (Wildman–Crippen LogP) is 5.50. The van der Waals surface area contributed by atoms with Gasteiger partial charge in [-0.15, -0.1) is 0 Å². The van der Waals surface area contributed by atoms with Crippen molar-refractivity contribution in [1.29, 1.82) is 0 Å². The van der Waals surface area contributed by atoms with Crippen LogP contribution in [0.4, 0.5) is 0 Å². The summed E-state index contributed by atoms with van der Waals surface area (Å²) in [7, 11) is 0. The summed E-state index contributed by atoms with van der Waals surface area (Å²) in [5.74, 6) is 0. The second-order valence-corrected chi connectivity index (χ2v) is 12.6. The van der Waals surface area contributed by atoms with Gasteiger partial charge in [0.1, 0.15) is 0 Å². The lowest BCUT2D eigenvalue weighted by Gasteiger charge is -2.27. The molecule has 0 aromatic heterocycles. The molecule has 0 aliphatic rings. The fourth-order valence-electron chi connectivity index (χ4n) is 2.91. The molecule has 0 saturated carbocycles. The number of benzene rings is 3. The van der Waals surface area contributed by atoms with Crippen LogP contribution in [0.3, 0.4) is 0 Å². The van der Waals surface area contributed by atoms with Crippen molar-refractivity contribution in [2.75, 3.05) is 0 Å². The third-order valence-electron chi connectivity index (χ3n) is 4.35. The van der Waals surface area contributed by atoms with Gasteiger partial charge in [-0.3, -0.25) is 0 Å². The van der Waals surface area contributed by atoms with E-state index in [2.05, 4.69) is 116 Å². The van der Waals surface area contributed by atoms with Crippen LogP contribution in [0.2, 0.25) is 0 Å². The zero-order chi connectivity index (χ0) is 18.1. The Morgan fingerprint density at radius 2 is 1.20 bits per heavy atom. The molecule has 25 heavy (non-hydrogen) atoms. The zero-order valence-corrected chi connectivity index (χ0v) is 18.0. The Kier molecular flexibility index (Phi) is 5.34. The molecule has 0 saturated heterocycles. The molecule has 3 aromatic rings. The number of hydrogen-bond acceptors (Lipinski definition) is 1. The van der Waals surface area contributed by atoms with Gasteiger partial charge in [0.05, 0.1) is 0 Å². The molecule has 0 N–H and O–H groups in total. The highest BCUT2D eigenvalue weighted by atomic mass is 79.9. The first-order valence-corrected chi connectivity index (χ1v) is 11.9. The topological polar surface area (TPSA) is 0 Å². The molecule has 0 aliphatic heterocycles. The van der Waals surface area contributed by atoms with E-state index >= 15 is 0 Å². The Morgan fingerprint density at radius 3 is 1.64 bits per heavy atom. The minimum absolute atomic E-state index is 0.0755. The van der Waals surface area contributed by atoms with E-state index in [1.165, 1.54) is 21.5 Å². The van der Waals surface area contributed by atoms with Crippen LogP contribution in [0.25, 0.3) is 0 Å². The molecule has 3 heteroatoms. The molecule has 0 radical (unpaired) electrons. The third kappa shape index (κ3) is 3.82. The minimum Gasteiger partial charge on any atom is -0.0826 e. The normalized spacial score (nSPS) is 12.2. The van der Waals surface area contributed by atoms with Gasteiger partial charge in [0.25, 0.3) is 0 Å². The maximum Gasteiger partial charge on any atom is 0.0379 e. The van der Waals surface area contributed by atoms with Gasteiger partial charge in [-0.25, -0.2) is 0 Å². The summed E-state index contributed by atoms with van der Waals surface area (Å²) < 4.78 is 1.09. The lowest BCUT2D eigenvalue weighted by atomic mass is 9.87. The van der Waals surface area contributed by atoms with Gasteiger partial charge in [0.15, 0.2) is 0 Å². The summed E-state index contributed by atoms with van der Waals surface area (Å²) in [4.78, 5) is 0. The molecule has 0 unspecified atom stereocenters. The Labute approximate surface area is 164 Å². The predicted molar refractivity (Wildman–Crippen MR) is 119 cm³/mol. The second kappa shape index (κ2) is 7.19. The lowest BCUT2D eigenvalue weighted by molar-refractivity contribution is 0.590. The first kappa shape index (κ1) is 18.6. The molecule has 0 aliphatic carbocycles. The minimum atomic E-state index is -2.10. The maximum absolute atomic E-state index is 6.43. The highest BCUT2D eigenvalue weighted by Crippen LogP contribution is 2.44. The lowest BCUT2D eigenvalue weighted by Crippen LogP contribution is -2.26. The third-order valence-corrected chi connectivity index (χ3v) is 9.74. The molecular weight excluding hydrogens is 407 g/mol. The van der Waals surface area contributed by atoms with Crippen LogP contribution in [0.15, 0.2) is 83.3 Å². The summed E-state index contributed by atoms with van der Waals surface area (Å²) >= 11 is 10.1. The average Bonchev–Trinajstić information content (AvgIpc) is 2.61. The fraction of sp³-hybridized carbons (Fsp3) is 0.182. The van der Waals surface area contributed by atoms with Crippen molar-refractivity contribution in [1.82, 2.24) is 0 Å². The summed E-state index contributed by atoms with van der Waals surface area (Å²) in [6.45, 7) is 6.73. The molecule has 0 bridgehead atoms. The SMILES string of the molecule is CC(C)(C)c1cc(Br)cc(P(=S)(c2ccccc2)c2ccccc2)c1. The van der Waals surface area contributed by atoms with E-state index in [0.717, 1.165) is 4.47 Å². The van der Waals surface area contributed by atoms with Crippen LogP contribution in [0, 0.1) is 0 Å². The molecule has 0 spiro atoms. The van der Waals surface area contributed by atoms with Crippen LogP contribution in [-0.4, -0.2) is 0 Å². The Morgan fingerprint density at radius 1 is 0.720 bits per heavy atom. The summed E-state index contributed by atoms with van der Waals surface area (Å²) in [6.07, 6.45) is 0. The smallest absolute Gasteiger partial charge is 0.0379 e. The van der Waals surface area contributed by atoms with Gasteiger partial charge in [-0.1, -0.05) is 109 Å². The summed E-state index contributed by atoms with van der Waals surface area (Å²) in [5, 5.41) is 3.70. The average molecular weight is 429 g/mol. The maximum atomic E-state index is 6.43. The number of hydrogen-bond donors (Lipinski definition) is 0. The van der Waals surface area contributed by atoms with Gasteiger partial charge in [0.2, 0.25) is 0 Å². The molecule has 0 heterocycles. The monoisotopic (exact) mass is 428 g/mol. The molecule has 128 valence electrons. The quantitative estimate of drug-likeness (QED) is 0.496. The summed E-state index contributed by atoms with van der Waals surface area (Å²) in [6, 6.07) is 25.8. The van der Waals surface area contributed by atoms with Crippen molar-refractivity contribution in [3.8, 4) is 0 Å². The molecule has 0 fully saturated rings. The van der Waals surface area contributed by atoms with E-state index in [0.29, 0.717) is 0 Å². The van der Waals surface area contributed by atoms with Crippen molar-refractivity contribution >= 4 is 49.7 Å². The van der Waals surface area contributed by atoms with Gasteiger partial charge >= 0.3 is 0 Å². The first-order valence-electron chi connectivity index (χ1n) is 8.35. The largest absolute Gasteiger partial charge is 0.0826 e. The van der Waals surface area contributed by atoms with Crippen molar-refractivity contribution < 1.29 is 0 Å². The summed E-state index contributed by atoms with van der Waals surface area (Å²) in [5.41, 5.74) is 1.38. The Balaban J connectivity index is 2.31. The van der Waals surface area contributed by atoms with Crippen molar-refractivity contribution in [2.24, 2.45) is 0 Å². The van der Waals surface area contributed by atoms with E-state index in [-0.39, 0.29) is 5.41 Å². The van der Waals surface area contributed by atoms with Crippen LogP contribution in [-0.2, 0) is 17.2 Å². The molecular formula is C22H22BrPS. The Bertz CT molecular complexity index is 868. The van der Waals surface area contributed by atoms with E-state index in [9.17, 15) is 0 Å². The molecule has 0 nitrogen and oxygen atoms in total. The molecule has 0 atom stereocenters. The van der Waals surface area contributed by atoms with Crippen LogP contribution in [0.1, 0.15) is 26.3 Å². The van der Waals surface area contributed by atoms with Gasteiger partial charge in [-0.2, -0.15) is 0 Å². The van der Waals surface area contributed by atoms with Gasteiger partial charge in [-0.05, 0) is 45.1 Å². The van der Waals surface area contributed by atoms with E-state index in [4.69, 9.17) is 11.8 Å². The van der Waals surface area contributed by atoms with Gasteiger partial charge in [0, 0.05) is 10.5 Å². The van der Waals surface area contributed by atoms with Crippen LogP contribution >= 0.6 is 22.0 Å².